The average molecular weight is 520 g/mol. The summed E-state index contributed by atoms with van der Waals surface area (Å²) in [7, 11) is -3.81. The van der Waals surface area contributed by atoms with Gasteiger partial charge in [0.1, 0.15) is 12.6 Å². The monoisotopic (exact) mass is 519 g/mol. The molecule has 9 heteroatoms. The summed E-state index contributed by atoms with van der Waals surface area (Å²) in [5.74, 6) is -0.635. The fraction of sp³-hybridized carbons (Fsp3) is 0.462. The molecule has 1 saturated carbocycles. The summed E-state index contributed by atoms with van der Waals surface area (Å²) in [6, 6.07) is 15.6. The van der Waals surface area contributed by atoms with Crippen LogP contribution in [-0.2, 0) is 26.0 Å². The van der Waals surface area contributed by atoms with Crippen LogP contribution in [0.15, 0.2) is 54.6 Å². The van der Waals surface area contributed by atoms with E-state index in [0.29, 0.717) is 19.4 Å². The number of nitrogens with one attached hydrogen (secondary N) is 1. The molecule has 3 rings (SSSR count). The summed E-state index contributed by atoms with van der Waals surface area (Å²) < 4.78 is 26.3. The molecular formula is C26H34ClN3O4S. The smallest absolute Gasteiger partial charge is 0.244 e. The van der Waals surface area contributed by atoms with Gasteiger partial charge < -0.3 is 10.2 Å². The Bertz CT molecular complexity index is 1100. The molecule has 2 amide bonds. The van der Waals surface area contributed by atoms with E-state index in [9.17, 15) is 18.0 Å². The second-order valence-electron chi connectivity index (χ2n) is 8.96. The molecule has 190 valence electrons. The van der Waals surface area contributed by atoms with Gasteiger partial charge in [0.25, 0.3) is 0 Å². The fourth-order valence-electron chi connectivity index (χ4n) is 4.51. The summed E-state index contributed by atoms with van der Waals surface area (Å²) in [5, 5.41) is 3.33. The van der Waals surface area contributed by atoms with E-state index in [2.05, 4.69) is 5.32 Å². The van der Waals surface area contributed by atoms with E-state index in [1.54, 1.807) is 24.3 Å². The molecule has 0 heterocycles. The van der Waals surface area contributed by atoms with Gasteiger partial charge in [0, 0.05) is 12.6 Å². The number of sulfonamides is 1. The molecule has 0 radical (unpaired) electrons. The lowest BCUT2D eigenvalue weighted by atomic mass is 10.1. The van der Waals surface area contributed by atoms with Gasteiger partial charge in [0.2, 0.25) is 21.8 Å². The van der Waals surface area contributed by atoms with E-state index in [0.717, 1.165) is 41.8 Å². The molecular weight excluding hydrogens is 486 g/mol. The van der Waals surface area contributed by atoms with E-state index in [-0.39, 0.29) is 22.7 Å². The van der Waals surface area contributed by atoms with Gasteiger partial charge in [-0.25, -0.2) is 8.42 Å². The predicted molar refractivity (Wildman–Crippen MR) is 140 cm³/mol. The summed E-state index contributed by atoms with van der Waals surface area (Å²) in [6.07, 6.45) is 6.05. The van der Waals surface area contributed by atoms with Crippen LogP contribution in [0.3, 0.4) is 0 Å². The third-order valence-corrected chi connectivity index (χ3v) is 7.82. The highest BCUT2D eigenvalue weighted by Gasteiger charge is 2.33. The van der Waals surface area contributed by atoms with Crippen LogP contribution in [0.1, 0.15) is 44.6 Å². The topological polar surface area (TPSA) is 86.8 Å². The van der Waals surface area contributed by atoms with Gasteiger partial charge in [-0.2, -0.15) is 0 Å². The molecule has 1 aliphatic rings. The van der Waals surface area contributed by atoms with Crippen molar-refractivity contribution in [2.75, 3.05) is 23.7 Å². The zero-order valence-corrected chi connectivity index (χ0v) is 21.9. The largest absolute Gasteiger partial charge is 0.352 e. The van der Waals surface area contributed by atoms with Crippen molar-refractivity contribution in [3.8, 4) is 0 Å². The number of hydrogen-bond acceptors (Lipinski definition) is 4. The normalized spacial score (nSPS) is 14.9. The van der Waals surface area contributed by atoms with Crippen LogP contribution in [0.2, 0.25) is 5.02 Å². The van der Waals surface area contributed by atoms with Gasteiger partial charge in [-0.3, -0.25) is 13.9 Å². The van der Waals surface area contributed by atoms with Gasteiger partial charge in [0.05, 0.1) is 17.0 Å². The number of carbonyl (C=O) groups is 2. The summed E-state index contributed by atoms with van der Waals surface area (Å²) in [4.78, 5) is 28.4. The molecule has 0 aliphatic heterocycles. The van der Waals surface area contributed by atoms with Crippen molar-refractivity contribution in [1.29, 1.82) is 0 Å². The maximum Gasteiger partial charge on any atom is 0.244 e. The zero-order chi connectivity index (χ0) is 25.4. The summed E-state index contributed by atoms with van der Waals surface area (Å²) in [5.41, 5.74) is 1.26. The third kappa shape index (κ3) is 7.45. The molecule has 2 aromatic carbocycles. The number of rotatable bonds is 11. The van der Waals surface area contributed by atoms with Crippen LogP contribution in [0, 0.1) is 0 Å². The minimum absolute atomic E-state index is 0.123. The van der Waals surface area contributed by atoms with Gasteiger partial charge in [-0.15, -0.1) is 0 Å². The Kier molecular flexibility index (Phi) is 9.57. The van der Waals surface area contributed by atoms with Gasteiger partial charge in [0.15, 0.2) is 0 Å². The first-order valence-electron chi connectivity index (χ1n) is 12.1. The standard InChI is InChI=1S/C26H34ClN3O4S/c1-3-23(26(32)28-21-13-7-8-14-21)29(18-17-20-11-5-4-6-12-20)25(31)19-30(35(2,33)34)24-16-10-9-15-22(24)27/h4-6,9-12,15-16,21,23H,3,7-8,13-14,17-19H2,1-2H3,(H,28,32)/t23-/m1/s1. The SMILES string of the molecule is CC[C@H](C(=O)NC1CCCC1)N(CCc1ccccc1)C(=O)CN(c1ccccc1Cl)S(C)(=O)=O. The number of nitrogens with zero attached hydrogens (tertiary/aromatic N) is 2. The first-order valence-corrected chi connectivity index (χ1v) is 14.3. The van der Waals surface area contributed by atoms with E-state index < -0.39 is 28.5 Å². The van der Waals surface area contributed by atoms with Crippen molar-refractivity contribution in [2.24, 2.45) is 0 Å². The molecule has 0 bridgehead atoms. The Balaban J connectivity index is 1.87. The second-order valence-corrected chi connectivity index (χ2v) is 11.3. The lowest BCUT2D eigenvalue weighted by Gasteiger charge is -2.33. The zero-order valence-electron chi connectivity index (χ0n) is 20.3. The number of amides is 2. The highest BCUT2D eigenvalue weighted by Crippen LogP contribution is 2.27. The molecule has 1 aliphatic carbocycles. The maximum absolute atomic E-state index is 13.6. The Labute approximate surface area is 213 Å². The Morgan fingerprint density at radius 1 is 1.06 bits per heavy atom. The van der Waals surface area contributed by atoms with Crippen LogP contribution in [0.4, 0.5) is 5.69 Å². The number of hydrogen-bond donors (Lipinski definition) is 1. The van der Waals surface area contributed by atoms with Crippen molar-refractivity contribution < 1.29 is 18.0 Å². The first kappa shape index (κ1) is 27.0. The molecule has 0 aromatic heterocycles. The minimum atomic E-state index is -3.81. The lowest BCUT2D eigenvalue weighted by Crippen LogP contribution is -2.54. The lowest BCUT2D eigenvalue weighted by molar-refractivity contribution is -0.139. The Morgan fingerprint density at radius 3 is 2.29 bits per heavy atom. The van der Waals surface area contributed by atoms with Crippen LogP contribution in [0.25, 0.3) is 0 Å². The molecule has 35 heavy (non-hydrogen) atoms. The molecule has 1 atom stereocenters. The molecule has 0 saturated heterocycles. The molecule has 1 fully saturated rings. The van der Waals surface area contributed by atoms with E-state index in [4.69, 9.17) is 11.6 Å². The van der Waals surface area contributed by atoms with Gasteiger partial charge in [-0.05, 0) is 43.4 Å². The first-order chi connectivity index (χ1) is 16.7. The summed E-state index contributed by atoms with van der Waals surface area (Å²) >= 11 is 6.27. The van der Waals surface area contributed by atoms with Crippen LogP contribution >= 0.6 is 11.6 Å². The Morgan fingerprint density at radius 2 is 1.69 bits per heavy atom. The van der Waals surface area contributed by atoms with Crippen LogP contribution in [-0.4, -0.2) is 56.6 Å². The average Bonchev–Trinajstić information content (AvgIpc) is 3.33. The second kappa shape index (κ2) is 12.4. The van der Waals surface area contributed by atoms with Crippen LogP contribution in [0.5, 0.6) is 0 Å². The number of halogens is 1. The van der Waals surface area contributed by atoms with Crippen molar-refractivity contribution in [2.45, 2.75) is 57.5 Å². The molecule has 7 nitrogen and oxygen atoms in total. The summed E-state index contributed by atoms with van der Waals surface area (Å²) in [6.45, 7) is 1.72. The minimum Gasteiger partial charge on any atom is -0.352 e. The number of benzene rings is 2. The van der Waals surface area contributed by atoms with Crippen molar-refractivity contribution in [3.63, 3.8) is 0 Å². The van der Waals surface area contributed by atoms with Crippen molar-refractivity contribution in [3.05, 3.63) is 65.2 Å². The fourth-order valence-corrected chi connectivity index (χ4v) is 5.66. The van der Waals surface area contributed by atoms with Crippen molar-refractivity contribution in [1.82, 2.24) is 10.2 Å². The Hall–Kier alpha value is -2.58. The number of carbonyl (C=O) groups excluding carboxylic acids is 2. The molecule has 1 N–H and O–H groups in total. The number of para-hydroxylation sites is 1. The highest BCUT2D eigenvalue weighted by atomic mass is 35.5. The van der Waals surface area contributed by atoms with E-state index in [1.165, 1.54) is 4.90 Å². The van der Waals surface area contributed by atoms with Gasteiger partial charge >= 0.3 is 0 Å². The van der Waals surface area contributed by atoms with E-state index in [1.807, 2.05) is 37.3 Å². The molecule has 0 unspecified atom stereocenters. The quantitative estimate of drug-likeness (QED) is 0.486. The number of anilines is 1. The molecule has 0 spiro atoms. The van der Waals surface area contributed by atoms with E-state index >= 15 is 0 Å². The van der Waals surface area contributed by atoms with Crippen molar-refractivity contribution >= 4 is 39.1 Å². The predicted octanol–water partition coefficient (Wildman–Crippen LogP) is 4.01. The third-order valence-electron chi connectivity index (χ3n) is 6.37. The van der Waals surface area contributed by atoms with Gasteiger partial charge in [-0.1, -0.05) is 73.8 Å². The highest BCUT2D eigenvalue weighted by molar-refractivity contribution is 7.92. The maximum atomic E-state index is 13.6. The molecule has 2 aromatic rings. The van der Waals surface area contributed by atoms with Crippen LogP contribution < -0.4 is 9.62 Å².